The van der Waals surface area contributed by atoms with Crippen LogP contribution in [0.4, 0.5) is 0 Å². The molecule has 2 N–H and O–H groups in total. The lowest BCUT2D eigenvalue weighted by molar-refractivity contribution is 0.397. The Morgan fingerprint density at radius 2 is 2.12 bits per heavy atom. The van der Waals surface area contributed by atoms with Gasteiger partial charge in [-0.2, -0.15) is 5.10 Å². The summed E-state index contributed by atoms with van der Waals surface area (Å²) in [6.45, 7) is 2.91. The van der Waals surface area contributed by atoms with Crippen LogP contribution in [0.2, 0.25) is 0 Å². The highest BCUT2D eigenvalue weighted by atomic mass is 15.4. The summed E-state index contributed by atoms with van der Waals surface area (Å²) < 4.78 is 2.03. The third kappa shape index (κ3) is 3.67. The molecule has 1 aliphatic heterocycles. The SMILES string of the molecule is CN=C(NC1CCCn2nc(C)nc21)NC1CC1Cc1ccccc1. The Hall–Kier alpha value is -2.37. The first kappa shape index (κ1) is 16.1. The number of aromatic nitrogens is 3. The van der Waals surface area contributed by atoms with Gasteiger partial charge in [-0.15, -0.1) is 0 Å². The highest BCUT2D eigenvalue weighted by Crippen LogP contribution is 2.33. The molecule has 2 aliphatic rings. The van der Waals surface area contributed by atoms with E-state index < -0.39 is 0 Å². The molecule has 0 spiro atoms. The molecule has 6 heteroatoms. The van der Waals surface area contributed by atoms with Crippen molar-refractivity contribution in [3.63, 3.8) is 0 Å². The minimum atomic E-state index is 0.187. The number of aryl methyl sites for hydroxylation is 2. The second-order valence-corrected chi connectivity index (χ2v) is 7.09. The molecule has 1 aromatic heterocycles. The fourth-order valence-electron chi connectivity index (χ4n) is 3.68. The van der Waals surface area contributed by atoms with Crippen molar-refractivity contribution in [1.82, 2.24) is 25.4 Å². The van der Waals surface area contributed by atoms with Crippen LogP contribution >= 0.6 is 0 Å². The predicted molar refractivity (Wildman–Crippen MR) is 98.4 cm³/mol. The fraction of sp³-hybridized carbons (Fsp3) is 0.526. The smallest absolute Gasteiger partial charge is 0.191 e. The van der Waals surface area contributed by atoms with Crippen molar-refractivity contribution in [2.45, 2.75) is 51.2 Å². The highest BCUT2D eigenvalue weighted by Gasteiger charge is 2.38. The first-order chi connectivity index (χ1) is 12.2. The zero-order valence-electron chi connectivity index (χ0n) is 14.9. The lowest BCUT2D eigenvalue weighted by Gasteiger charge is -2.25. The van der Waals surface area contributed by atoms with Gasteiger partial charge in [0.2, 0.25) is 0 Å². The minimum Gasteiger partial charge on any atom is -0.353 e. The maximum absolute atomic E-state index is 4.59. The summed E-state index contributed by atoms with van der Waals surface area (Å²) in [6.07, 6.45) is 4.52. The lowest BCUT2D eigenvalue weighted by atomic mass is 10.1. The number of aliphatic imine (C=N–C) groups is 1. The van der Waals surface area contributed by atoms with E-state index in [4.69, 9.17) is 0 Å². The quantitative estimate of drug-likeness (QED) is 0.663. The molecular weight excluding hydrogens is 312 g/mol. The molecule has 25 heavy (non-hydrogen) atoms. The monoisotopic (exact) mass is 338 g/mol. The predicted octanol–water partition coefficient (Wildman–Crippen LogP) is 2.22. The first-order valence-electron chi connectivity index (χ1n) is 9.18. The maximum atomic E-state index is 4.59. The Morgan fingerprint density at radius 3 is 2.92 bits per heavy atom. The zero-order chi connectivity index (χ0) is 17.2. The molecule has 1 aromatic carbocycles. The van der Waals surface area contributed by atoms with Gasteiger partial charge < -0.3 is 10.6 Å². The Labute approximate surface area is 148 Å². The lowest BCUT2D eigenvalue weighted by Crippen LogP contribution is -2.42. The summed E-state index contributed by atoms with van der Waals surface area (Å²) in [6, 6.07) is 11.4. The largest absolute Gasteiger partial charge is 0.353 e. The molecule has 4 rings (SSSR count). The number of fused-ring (bicyclic) bond motifs is 1. The molecule has 1 aliphatic carbocycles. The number of rotatable bonds is 4. The standard InChI is InChI=1S/C19H26N6/c1-13-21-18-16(9-6-10-25(18)24-13)22-19(20-2)23-17-12-15(17)11-14-7-4-3-5-8-14/h3-5,7-8,15-17H,6,9-12H2,1-2H3,(H2,20,22,23). The van der Waals surface area contributed by atoms with Crippen LogP contribution in [0.1, 0.15) is 42.5 Å². The van der Waals surface area contributed by atoms with Crippen molar-refractivity contribution in [1.29, 1.82) is 0 Å². The van der Waals surface area contributed by atoms with E-state index in [1.165, 1.54) is 12.0 Å². The molecule has 0 radical (unpaired) electrons. The summed E-state index contributed by atoms with van der Waals surface area (Å²) in [5.74, 6) is 3.44. The zero-order valence-corrected chi connectivity index (χ0v) is 14.9. The van der Waals surface area contributed by atoms with E-state index in [0.29, 0.717) is 12.0 Å². The molecule has 6 nitrogen and oxygen atoms in total. The van der Waals surface area contributed by atoms with Gasteiger partial charge >= 0.3 is 0 Å². The second-order valence-electron chi connectivity index (χ2n) is 7.09. The topological polar surface area (TPSA) is 67.1 Å². The molecule has 2 heterocycles. The Balaban J connectivity index is 1.34. The molecule has 2 aromatic rings. The number of hydrogen-bond donors (Lipinski definition) is 2. The van der Waals surface area contributed by atoms with E-state index in [-0.39, 0.29) is 6.04 Å². The van der Waals surface area contributed by atoms with Gasteiger partial charge in [-0.1, -0.05) is 30.3 Å². The molecule has 0 saturated heterocycles. The van der Waals surface area contributed by atoms with Crippen molar-refractivity contribution in [2.24, 2.45) is 10.9 Å². The average molecular weight is 338 g/mol. The summed E-state index contributed by atoms with van der Waals surface area (Å²) >= 11 is 0. The van der Waals surface area contributed by atoms with Crippen molar-refractivity contribution in [3.05, 3.63) is 47.5 Å². The van der Waals surface area contributed by atoms with Crippen LogP contribution in [0.5, 0.6) is 0 Å². The number of hydrogen-bond acceptors (Lipinski definition) is 3. The second kappa shape index (κ2) is 6.86. The van der Waals surface area contributed by atoms with E-state index in [2.05, 4.69) is 56.0 Å². The molecule has 132 valence electrons. The summed E-state index contributed by atoms with van der Waals surface area (Å²) in [5, 5.41) is 11.6. The van der Waals surface area contributed by atoms with Gasteiger partial charge in [0.25, 0.3) is 0 Å². The van der Waals surface area contributed by atoms with Crippen LogP contribution in [0.3, 0.4) is 0 Å². The van der Waals surface area contributed by atoms with Crippen LogP contribution in [0.25, 0.3) is 0 Å². The maximum Gasteiger partial charge on any atom is 0.191 e. The van der Waals surface area contributed by atoms with Crippen LogP contribution in [-0.2, 0) is 13.0 Å². The molecule has 0 bridgehead atoms. The van der Waals surface area contributed by atoms with Crippen molar-refractivity contribution in [3.8, 4) is 0 Å². The Bertz CT molecular complexity index is 751. The third-order valence-electron chi connectivity index (χ3n) is 5.10. The Morgan fingerprint density at radius 1 is 1.28 bits per heavy atom. The Kier molecular flexibility index (Phi) is 4.42. The third-order valence-corrected chi connectivity index (χ3v) is 5.10. The molecule has 1 fully saturated rings. The van der Waals surface area contributed by atoms with Gasteiger partial charge in [0.15, 0.2) is 5.96 Å². The molecule has 1 saturated carbocycles. The molecule has 3 unspecified atom stereocenters. The van der Waals surface area contributed by atoms with E-state index in [1.807, 2.05) is 18.7 Å². The van der Waals surface area contributed by atoms with E-state index in [0.717, 1.165) is 43.4 Å². The van der Waals surface area contributed by atoms with Crippen molar-refractivity contribution in [2.75, 3.05) is 7.05 Å². The van der Waals surface area contributed by atoms with Crippen LogP contribution in [0.15, 0.2) is 35.3 Å². The van der Waals surface area contributed by atoms with Gasteiger partial charge in [-0.25, -0.2) is 9.67 Å². The van der Waals surface area contributed by atoms with E-state index in [9.17, 15) is 0 Å². The highest BCUT2D eigenvalue weighted by molar-refractivity contribution is 5.80. The molecule has 3 atom stereocenters. The molecule has 0 amide bonds. The molecular formula is C19H26N6. The minimum absolute atomic E-state index is 0.187. The first-order valence-corrected chi connectivity index (χ1v) is 9.18. The van der Waals surface area contributed by atoms with Gasteiger partial charge in [0.1, 0.15) is 11.6 Å². The van der Waals surface area contributed by atoms with Crippen molar-refractivity contribution < 1.29 is 0 Å². The summed E-state index contributed by atoms with van der Waals surface area (Å²) in [4.78, 5) is 9.01. The van der Waals surface area contributed by atoms with E-state index >= 15 is 0 Å². The fourth-order valence-corrected chi connectivity index (χ4v) is 3.68. The van der Waals surface area contributed by atoms with Crippen LogP contribution in [-0.4, -0.2) is 33.8 Å². The van der Waals surface area contributed by atoms with E-state index in [1.54, 1.807) is 0 Å². The number of nitrogens with zero attached hydrogens (tertiary/aromatic N) is 4. The summed E-state index contributed by atoms with van der Waals surface area (Å²) in [7, 11) is 1.84. The average Bonchev–Trinajstić information content (AvgIpc) is 3.21. The van der Waals surface area contributed by atoms with Gasteiger partial charge in [-0.05, 0) is 44.1 Å². The summed E-state index contributed by atoms with van der Waals surface area (Å²) in [5.41, 5.74) is 1.41. The van der Waals surface area contributed by atoms with Gasteiger partial charge in [0.05, 0.1) is 6.04 Å². The van der Waals surface area contributed by atoms with Gasteiger partial charge in [0, 0.05) is 19.6 Å². The van der Waals surface area contributed by atoms with Crippen molar-refractivity contribution >= 4 is 5.96 Å². The number of guanidine groups is 1. The van der Waals surface area contributed by atoms with Gasteiger partial charge in [-0.3, -0.25) is 4.99 Å². The number of benzene rings is 1. The van der Waals surface area contributed by atoms with Crippen LogP contribution in [0, 0.1) is 12.8 Å². The number of nitrogens with one attached hydrogen (secondary N) is 2. The normalized spacial score (nSPS) is 25.4. The van der Waals surface area contributed by atoms with Crippen LogP contribution < -0.4 is 10.6 Å².